The van der Waals surface area contributed by atoms with Gasteiger partial charge in [0.05, 0.1) is 5.76 Å². The van der Waals surface area contributed by atoms with Crippen LogP contribution < -0.4 is 0 Å². The zero-order chi connectivity index (χ0) is 8.55. The van der Waals surface area contributed by atoms with Gasteiger partial charge in [0.1, 0.15) is 0 Å². The van der Waals surface area contributed by atoms with Crippen molar-refractivity contribution in [3.05, 3.63) is 23.5 Å². The Bertz CT molecular complexity index is 274. The topological polar surface area (TPSA) is 37.3 Å². The first-order valence-electron chi connectivity index (χ1n) is 4.39. The Hall–Kier alpha value is -1.05. The lowest BCUT2D eigenvalue weighted by Gasteiger charge is -2.25. The summed E-state index contributed by atoms with van der Waals surface area (Å²) in [6.07, 6.45) is 6.86. The zero-order valence-electron chi connectivity index (χ0n) is 6.92. The molecule has 2 rings (SSSR count). The summed E-state index contributed by atoms with van der Waals surface area (Å²) in [6, 6.07) is 0. The number of rotatable bonds is 0. The molecule has 0 saturated heterocycles. The number of carbonyl (C=O) groups is 1. The third kappa shape index (κ3) is 1.29. The van der Waals surface area contributed by atoms with Gasteiger partial charge in [-0.25, -0.2) is 0 Å². The molecule has 0 unspecified atom stereocenters. The number of allylic oxidation sites excluding steroid dienone is 4. The minimum absolute atomic E-state index is 0.201. The Morgan fingerprint density at radius 3 is 2.83 bits per heavy atom. The summed E-state index contributed by atoms with van der Waals surface area (Å²) in [6.45, 7) is 0. The normalized spacial score (nSPS) is 29.0. The highest BCUT2D eigenvalue weighted by atomic mass is 16.3. The fourth-order valence-electron chi connectivity index (χ4n) is 1.92. The molecule has 0 spiro atoms. The second-order valence-electron chi connectivity index (χ2n) is 3.52. The van der Waals surface area contributed by atoms with Crippen LogP contribution in [-0.2, 0) is 4.79 Å². The second kappa shape index (κ2) is 2.77. The van der Waals surface area contributed by atoms with Crippen LogP contribution >= 0.6 is 0 Å². The van der Waals surface area contributed by atoms with Crippen LogP contribution in [0.4, 0.5) is 0 Å². The van der Waals surface area contributed by atoms with Crippen LogP contribution in [-0.4, -0.2) is 10.9 Å². The van der Waals surface area contributed by atoms with Gasteiger partial charge in [-0.15, -0.1) is 0 Å². The SMILES string of the molecule is O=C1C=C2C=C(O)CC[C@@H]2CC1. The maximum Gasteiger partial charge on any atom is 0.155 e. The number of aliphatic hydroxyl groups is 1. The van der Waals surface area contributed by atoms with E-state index in [1.807, 2.05) is 0 Å². The molecule has 0 aliphatic heterocycles. The number of fused-ring (bicyclic) bond motifs is 1. The molecular formula is C10H12O2. The average Bonchev–Trinajstić information content (AvgIpc) is 2.03. The maximum absolute atomic E-state index is 11.0. The van der Waals surface area contributed by atoms with Crippen LogP contribution in [0.5, 0.6) is 0 Å². The van der Waals surface area contributed by atoms with Gasteiger partial charge in [-0.3, -0.25) is 4.79 Å². The predicted octanol–water partition coefficient (Wildman–Crippen LogP) is 2.13. The van der Waals surface area contributed by atoms with E-state index in [4.69, 9.17) is 0 Å². The summed E-state index contributed by atoms with van der Waals surface area (Å²) in [4.78, 5) is 11.0. The van der Waals surface area contributed by atoms with Crippen molar-refractivity contribution in [1.82, 2.24) is 0 Å². The molecule has 0 saturated carbocycles. The lowest BCUT2D eigenvalue weighted by atomic mass is 9.80. The third-order valence-electron chi connectivity index (χ3n) is 2.62. The van der Waals surface area contributed by atoms with Gasteiger partial charge in [0.2, 0.25) is 0 Å². The van der Waals surface area contributed by atoms with Crippen LogP contribution in [0.1, 0.15) is 25.7 Å². The highest BCUT2D eigenvalue weighted by molar-refractivity contribution is 5.91. The lowest BCUT2D eigenvalue weighted by molar-refractivity contribution is -0.115. The number of hydrogen-bond donors (Lipinski definition) is 1. The third-order valence-corrected chi connectivity index (χ3v) is 2.62. The van der Waals surface area contributed by atoms with Gasteiger partial charge in [-0.05, 0) is 36.5 Å². The highest BCUT2D eigenvalue weighted by Crippen LogP contribution is 2.33. The zero-order valence-corrected chi connectivity index (χ0v) is 6.92. The van der Waals surface area contributed by atoms with Crippen LogP contribution in [0.3, 0.4) is 0 Å². The monoisotopic (exact) mass is 164 g/mol. The summed E-state index contributed by atoms with van der Waals surface area (Å²) < 4.78 is 0. The Labute approximate surface area is 71.6 Å². The van der Waals surface area contributed by atoms with Crippen LogP contribution in [0.25, 0.3) is 0 Å². The van der Waals surface area contributed by atoms with Gasteiger partial charge in [0.15, 0.2) is 5.78 Å². The molecule has 0 aromatic rings. The van der Waals surface area contributed by atoms with Crippen LogP contribution in [0, 0.1) is 5.92 Å². The highest BCUT2D eigenvalue weighted by Gasteiger charge is 2.23. The van der Waals surface area contributed by atoms with E-state index < -0.39 is 0 Å². The number of ketones is 1. The standard InChI is InChI=1S/C10H12O2/c11-9-3-1-7-2-4-10(12)6-8(7)5-9/h5-7,11H,1-4H2/t7-/m1/s1. The molecule has 0 aromatic carbocycles. The fraction of sp³-hybridized carbons (Fsp3) is 0.500. The molecule has 2 aliphatic rings. The summed E-state index contributed by atoms with van der Waals surface area (Å²) in [7, 11) is 0. The van der Waals surface area contributed by atoms with Crippen molar-refractivity contribution in [3.8, 4) is 0 Å². The van der Waals surface area contributed by atoms with E-state index in [2.05, 4.69) is 0 Å². The second-order valence-corrected chi connectivity index (χ2v) is 3.52. The first-order chi connectivity index (χ1) is 5.75. The minimum atomic E-state index is 0.201. The molecule has 2 aliphatic carbocycles. The molecular weight excluding hydrogens is 152 g/mol. The van der Waals surface area contributed by atoms with E-state index >= 15 is 0 Å². The number of hydrogen-bond acceptors (Lipinski definition) is 2. The Morgan fingerprint density at radius 2 is 2.00 bits per heavy atom. The van der Waals surface area contributed by atoms with Crippen molar-refractivity contribution >= 4 is 5.78 Å². The predicted molar refractivity (Wildman–Crippen MR) is 45.8 cm³/mol. The van der Waals surface area contributed by atoms with Crippen molar-refractivity contribution in [2.24, 2.45) is 5.92 Å². The Kier molecular flexibility index (Phi) is 1.75. The van der Waals surface area contributed by atoms with E-state index in [0.29, 0.717) is 18.1 Å². The molecule has 0 aromatic heterocycles. The fourth-order valence-corrected chi connectivity index (χ4v) is 1.92. The van der Waals surface area contributed by atoms with Crippen LogP contribution in [0.2, 0.25) is 0 Å². The van der Waals surface area contributed by atoms with Crippen LogP contribution in [0.15, 0.2) is 23.5 Å². The van der Waals surface area contributed by atoms with E-state index in [-0.39, 0.29) is 5.78 Å². The molecule has 2 heteroatoms. The molecule has 12 heavy (non-hydrogen) atoms. The van der Waals surface area contributed by atoms with E-state index in [0.717, 1.165) is 24.8 Å². The van der Waals surface area contributed by atoms with Gasteiger partial charge in [0, 0.05) is 12.8 Å². The summed E-state index contributed by atoms with van der Waals surface area (Å²) in [5.74, 6) is 1.15. The Balaban J connectivity index is 2.31. The van der Waals surface area contributed by atoms with Gasteiger partial charge >= 0.3 is 0 Å². The minimum Gasteiger partial charge on any atom is -0.512 e. The lowest BCUT2D eigenvalue weighted by Crippen LogP contribution is -2.16. The van der Waals surface area contributed by atoms with E-state index in [1.165, 1.54) is 0 Å². The number of aliphatic hydroxyl groups excluding tert-OH is 1. The quantitative estimate of drug-likeness (QED) is 0.595. The molecule has 1 N–H and O–H groups in total. The van der Waals surface area contributed by atoms with Crippen molar-refractivity contribution in [2.45, 2.75) is 25.7 Å². The van der Waals surface area contributed by atoms with Gasteiger partial charge < -0.3 is 5.11 Å². The molecule has 64 valence electrons. The molecule has 0 heterocycles. The van der Waals surface area contributed by atoms with Crippen molar-refractivity contribution in [2.75, 3.05) is 0 Å². The molecule has 0 bridgehead atoms. The summed E-state index contributed by atoms with van der Waals surface area (Å²) in [5.41, 5.74) is 1.04. The molecule has 2 nitrogen and oxygen atoms in total. The van der Waals surface area contributed by atoms with Crippen molar-refractivity contribution in [1.29, 1.82) is 0 Å². The molecule has 0 amide bonds. The largest absolute Gasteiger partial charge is 0.512 e. The molecule has 0 fully saturated rings. The van der Waals surface area contributed by atoms with Gasteiger partial charge in [-0.1, -0.05) is 0 Å². The van der Waals surface area contributed by atoms with Crippen molar-refractivity contribution in [3.63, 3.8) is 0 Å². The smallest absolute Gasteiger partial charge is 0.155 e. The first-order valence-corrected chi connectivity index (χ1v) is 4.39. The van der Waals surface area contributed by atoms with Gasteiger partial charge in [-0.2, -0.15) is 0 Å². The summed E-state index contributed by atoms with van der Waals surface area (Å²) in [5, 5.41) is 9.24. The molecule has 0 radical (unpaired) electrons. The van der Waals surface area contributed by atoms with Crippen molar-refractivity contribution < 1.29 is 9.90 Å². The van der Waals surface area contributed by atoms with Gasteiger partial charge in [0.25, 0.3) is 0 Å². The molecule has 1 atom stereocenters. The van der Waals surface area contributed by atoms with E-state index in [9.17, 15) is 9.90 Å². The maximum atomic E-state index is 11.0. The number of carbonyl (C=O) groups excluding carboxylic acids is 1. The van der Waals surface area contributed by atoms with E-state index in [1.54, 1.807) is 12.2 Å². The average molecular weight is 164 g/mol. The summed E-state index contributed by atoms with van der Waals surface area (Å²) >= 11 is 0. The first kappa shape index (κ1) is 7.59. The Morgan fingerprint density at radius 1 is 1.25 bits per heavy atom.